The van der Waals surface area contributed by atoms with E-state index in [0.717, 1.165) is 23.5 Å². The lowest BCUT2D eigenvalue weighted by Crippen LogP contribution is -2.20. The van der Waals surface area contributed by atoms with Gasteiger partial charge in [0.05, 0.1) is 12.0 Å². The molecule has 0 spiro atoms. The van der Waals surface area contributed by atoms with Gasteiger partial charge in [0.1, 0.15) is 0 Å². The van der Waals surface area contributed by atoms with Gasteiger partial charge in [-0.2, -0.15) is 4.68 Å². The first-order chi connectivity index (χ1) is 7.77. The zero-order valence-corrected chi connectivity index (χ0v) is 8.67. The first kappa shape index (κ1) is 9.14. The molecule has 1 N–H and O–H groups in total. The van der Waals surface area contributed by atoms with Crippen LogP contribution in [0.1, 0.15) is 13.3 Å². The predicted octanol–water partition coefficient (Wildman–Crippen LogP) is 0.645. The fourth-order valence-corrected chi connectivity index (χ4v) is 2.11. The Labute approximate surface area is 90.9 Å². The number of nitrogens with one attached hydrogen (secondary N) is 1. The highest BCUT2D eigenvalue weighted by atomic mass is 16.5. The zero-order valence-electron chi connectivity index (χ0n) is 8.67. The number of aromatic nitrogens is 4. The lowest BCUT2D eigenvalue weighted by molar-refractivity contribution is 0.358. The van der Waals surface area contributed by atoms with Crippen LogP contribution in [0, 0.1) is 5.92 Å². The van der Waals surface area contributed by atoms with E-state index in [1.807, 2.05) is 19.1 Å². The second-order valence-corrected chi connectivity index (χ2v) is 3.88. The molecule has 1 aromatic rings. The van der Waals surface area contributed by atoms with Crippen LogP contribution < -0.4 is 5.69 Å². The summed E-state index contributed by atoms with van der Waals surface area (Å²) in [5.41, 5.74) is 1.53. The summed E-state index contributed by atoms with van der Waals surface area (Å²) < 4.78 is 6.72. The molecule has 1 unspecified atom stereocenters. The van der Waals surface area contributed by atoms with Gasteiger partial charge < -0.3 is 4.74 Å². The molecule has 16 heavy (non-hydrogen) atoms. The summed E-state index contributed by atoms with van der Waals surface area (Å²) in [6.07, 6.45) is 6.30. The number of tetrazole rings is 1. The van der Waals surface area contributed by atoms with Crippen molar-refractivity contribution < 1.29 is 4.74 Å². The van der Waals surface area contributed by atoms with Crippen molar-refractivity contribution in [2.24, 2.45) is 5.92 Å². The largest absolute Gasteiger partial charge is 0.463 e. The summed E-state index contributed by atoms with van der Waals surface area (Å²) in [5.74, 6) is 0.926. The highest BCUT2D eigenvalue weighted by Crippen LogP contribution is 2.39. The second kappa shape index (κ2) is 3.19. The summed E-state index contributed by atoms with van der Waals surface area (Å²) in [5, 5.41) is 9.52. The van der Waals surface area contributed by atoms with E-state index in [4.69, 9.17) is 4.74 Å². The lowest BCUT2D eigenvalue weighted by Gasteiger charge is -2.09. The monoisotopic (exact) mass is 218 g/mol. The third-order valence-electron chi connectivity index (χ3n) is 2.78. The molecular formula is C10H10N4O2. The molecule has 0 radical (unpaired) electrons. The molecule has 0 saturated carbocycles. The van der Waals surface area contributed by atoms with Crippen LogP contribution in [-0.4, -0.2) is 20.2 Å². The van der Waals surface area contributed by atoms with E-state index in [1.54, 1.807) is 6.26 Å². The van der Waals surface area contributed by atoms with Crippen LogP contribution in [0.15, 0.2) is 34.5 Å². The van der Waals surface area contributed by atoms with Crippen molar-refractivity contribution in [3.8, 4) is 0 Å². The zero-order chi connectivity index (χ0) is 11.1. The molecule has 3 rings (SSSR count). The first-order valence-corrected chi connectivity index (χ1v) is 5.05. The van der Waals surface area contributed by atoms with E-state index in [2.05, 4.69) is 15.5 Å². The van der Waals surface area contributed by atoms with E-state index in [0.29, 0.717) is 0 Å². The molecule has 2 heterocycles. The summed E-state index contributed by atoms with van der Waals surface area (Å²) in [6.45, 7) is 2.03. The molecule has 1 aliphatic carbocycles. The number of H-pyrrole nitrogens is 1. The van der Waals surface area contributed by atoms with Crippen molar-refractivity contribution in [2.45, 2.75) is 13.3 Å². The van der Waals surface area contributed by atoms with Crippen LogP contribution in [0.2, 0.25) is 0 Å². The molecule has 0 bridgehead atoms. The minimum Gasteiger partial charge on any atom is -0.463 e. The van der Waals surface area contributed by atoms with Gasteiger partial charge in [-0.15, -0.1) is 0 Å². The van der Waals surface area contributed by atoms with Crippen molar-refractivity contribution in [2.75, 3.05) is 0 Å². The normalized spacial score (nSPS) is 23.1. The Morgan fingerprint density at radius 2 is 2.50 bits per heavy atom. The topological polar surface area (TPSA) is 72.8 Å². The van der Waals surface area contributed by atoms with Crippen LogP contribution in [0.3, 0.4) is 0 Å². The maximum atomic E-state index is 11.5. The third kappa shape index (κ3) is 1.16. The number of hydrogen-bond acceptors (Lipinski definition) is 4. The molecule has 1 aliphatic heterocycles. The van der Waals surface area contributed by atoms with Gasteiger partial charge in [-0.3, -0.25) is 0 Å². The number of fused-ring (bicyclic) bond motifs is 1. The number of allylic oxidation sites excluding steroid dienone is 4. The minimum absolute atomic E-state index is 0.198. The number of hydrogen-bond donors (Lipinski definition) is 1. The quantitative estimate of drug-likeness (QED) is 0.751. The highest BCUT2D eigenvalue weighted by Gasteiger charge is 2.31. The van der Waals surface area contributed by atoms with Gasteiger partial charge in [-0.05, 0) is 28.5 Å². The third-order valence-corrected chi connectivity index (χ3v) is 2.78. The molecule has 6 nitrogen and oxygen atoms in total. The molecule has 1 aromatic heterocycles. The van der Waals surface area contributed by atoms with Gasteiger partial charge in [0.25, 0.3) is 0 Å². The van der Waals surface area contributed by atoms with E-state index in [1.165, 1.54) is 4.68 Å². The Kier molecular flexibility index (Phi) is 1.82. The van der Waals surface area contributed by atoms with E-state index in [-0.39, 0.29) is 11.6 Å². The standard InChI is InChI=1S/C10H10N4O2/c1-6-5-7-3-2-4-16-9(7)8(6)14-10(15)11-12-13-14/h2-4,6H,5H2,1H3,(H,11,13,15). The number of nitrogens with zero attached hydrogens (tertiary/aromatic N) is 3. The molecule has 6 heteroatoms. The molecule has 0 aromatic carbocycles. The molecule has 0 saturated heterocycles. The van der Waals surface area contributed by atoms with Crippen LogP contribution in [0.5, 0.6) is 0 Å². The average Bonchev–Trinajstić information content (AvgIpc) is 2.81. The fraction of sp³-hybridized carbons (Fsp3) is 0.300. The second-order valence-electron chi connectivity index (χ2n) is 3.88. The van der Waals surface area contributed by atoms with Crippen LogP contribution in [-0.2, 0) is 4.74 Å². The van der Waals surface area contributed by atoms with Gasteiger partial charge in [0, 0.05) is 5.92 Å². The van der Waals surface area contributed by atoms with Crippen LogP contribution in [0.25, 0.3) is 5.70 Å². The van der Waals surface area contributed by atoms with E-state index >= 15 is 0 Å². The van der Waals surface area contributed by atoms with Crippen LogP contribution in [0.4, 0.5) is 0 Å². The summed E-state index contributed by atoms with van der Waals surface area (Å²) >= 11 is 0. The maximum Gasteiger partial charge on any atom is 0.365 e. The number of ether oxygens (including phenoxy) is 1. The van der Waals surface area contributed by atoms with Gasteiger partial charge in [0.2, 0.25) is 0 Å². The number of aromatic amines is 1. The first-order valence-electron chi connectivity index (χ1n) is 5.05. The summed E-state index contributed by atoms with van der Waals surface area (Å²) in [7, 11) is 0. The Bertz CT molecular complexity index is 576. The maximum absolute atomic E-state index is 11.5. The van der Waals surface area contributed by atoms with Gasteiger partial charge in [-0.25, -0.2) is 9.89 Å². The van der Waals surface area contributed by atoms with Gasteiger partial charge >= 0.3 is 5.69 Å². The van der Waals surface area contributed by atoms with E-state index in [9.17, 15) is 4.79 Å². The van der Waals surface area contributed by atoms with Gasteiger partial charge in [-0.1, -0.05) is 13.0 Å². The molecule has 0 fully saturated rings. The highest BCUT2D eigenvalue weighted by molar-refractivity contribution is 5.63. The molecule has 0 amide bonds. The number of rotatable bonds is 1. The Hall–Kier alpha value is -2.11. The molecule has 82 valence electrons. The molecule has 2 aliphatic rings. The predicted molar refractivity (Wildman–Crippen MR) is 55.9 cm³/mol. The van der Waals surface area contributed by atoms with Crippen LogP contribution >= 0.6 is 0 Å². The SMILES string of the molecule is CC1CC2=CC=COC2=C1n1nn[nH]c1=O. The minimum atomic E-state index is -0.339. The summed E-state index contributed by atoms with van der Waals surface area (Å²) in [6, 6.07) is 0. The van der Waals surface area contributed by atoms with Crippen molar-refractivity contribution in [3.63, 3.8) is 0 Å². The lowest BCUT2D eigenvalue weighted by atomic mass is 10.1. The smallest absolute Gasteiger partial charge is 0.365 e. The van der Waals surface area contributed by atoms with Crippen molar-refractivity contribution >= 4 is 5.70 Å². The van der Waals surface area contributed by atoms with Gasteiger partial charge in [0.15, 0.2) is 5.76 Å². The molecule has 1 atom stereocenters. The Morgan fingerprint density at radius 3 is 3.25 bits per heavy atom. The van der Waals surface area contributed by atoms with E-state index < -0.39 is 0 Å². The Morgan fingerprint density at radius 1 is 1.62 bits per heavy atom. The Balaban J connectivity index is 2.20. The summed E-state index contributed by atoms with van der Waals surface area (Å²) in [4.78, 5) is 11.5. The average molecular weight is 218 g/mol. The van der Waals surface area contributed by atoms with Crippen molar-refractivity contribution in [3.05, 3.63) is 40.2 Å². The fourth-order valence-electron chi connectivity index (χ4n) is 2.11. The van der Waals surface area contributed by atoms with Crippen molar-refractivity contribution in [1.29, 1.82) is 0 Å². The van der Waals surface area contributed by atoms with Crippen molar-refractivity contribution in [1.82, 2.24) is 20.2 Å². The molecular weight excluding hydrogens is 208 g/mol.